The molecule has 0 spiro atoms. The van der Waals surface area contributed by atoms with Crippen LogP contribution in [0.15, 0.2) is 48.8 Å². The molecule has 3 aromatic rings. The Morgan fingerprint density at radius 2 is 2.15 bits per heavy atom. The van der Waals surface area contributed by atoms with Crippen molar-refractivity contribution in [1.29, 1.82) is 0 Å². The Hall–Kier alpha value is -3.15. The third-order valence-corrected chi connectivity index (χ3v) is 4.78. The van der Waals surface area contributed by atoms with Gasteiger partial charge in [-0.1, -0.05) is 6.07 Å². The lowest BCUT2D eigenvalue weighted by Gasteiger charge is -2.25. The Labute approximate surface area is 150 Å². The van der Waals surface area contributed by atoms with Crippen molar-refractivity contribution >= 4 is 5.97 Å². The molecule has 1 aliphatic rings. The van der Waals surface area contributed by atoms with Gasteiger partial charge in [-0.05, 0) is 66.6 Å². The summed E-state index contributed by atoms with van der Waals surface area (Å²) in [4.78, 5) is 15.5. The van der Waals surface area contributed by atoms with E-state index in [1.807, 2.05) is 24.3 Å². The van der Waals surface area contributed by atoms with Gasteiger partial charge in [0.05, 0.1) is 29.8 Å². The third kappa shape index (κ3) is 3.44. The molecule has 6 heteroatoms. The third-order valence-electron chi connectivity index (χ3n) is 4.78. The van der Waals surface area contributed by atoms with Crippen LogP contribution in [0.25, 0.3) is 11.4 Å². The Kier molecular flexibility index (Phi) is 4.39. The summed E-state index contributed by atoms with van der Waals surface area (Å²) in [5, 5.41) is 16.0. The lowest BCUT2D eigenvalue weighted by atomic mass is 9.83. The number of hydrogen-bond acceptors (Lipinski definition) is 4. The maximum Gasteiger partial charge on any atom is 0.335 e. The van der Waals surface area contributed by atoms with Crippen molar-refractivity contribution in [3.8, 4) is 17.1 Å². The number of carbonyl (C=O) groups is 1. The molecule has 1 aromatic carbocycles. The lowest BCUT2D eigenvalue weighted by Crippen LogP contribution is -2.21. The number of hydrogen-bond donors (Lipinski definition) is 2. The topological polar surface area (TPSA) is 88.1 Å². The minimum atomic E-state index is -0.880. The highest BCUT2D eigenvalue weighted by molar-refractivity contribution is 5.87. The van der Waals surface area contributed by atoms with E-state index in [-0.39, 0.29) is 0 Å². The monoisotopic (exact) mass is 349 g/mol. The zero-order valence-electron chi connectivity index (χ0n) is 14.2. The zero-order chi connectivity index (χ0) is 17.9. The van der Waals surface area contributed by atoms with Gasteiger partial charge in [0.15, 0.2) is 0 Å². The van der Waals surface area contributed by atoms with Gasteiger partial charge in [-0.25, -0.2) is 4.79 Å². The van der Waals surface area contributed by atoms with E-state index in [0.29, 0.717) is 18.1 Å². The zero-order valence-corrected chi connectivity index (χ0v) is 14.2. The molecule has 2 N–H and O–H groups in total. The van der Waals surface area contributed by atoms with Gasteiger partial charge in [0.2, 0.25) is 0 Å². The second-order valence-corrected chi connectivity index (χ2v) is 6.56. The average Bonchev–Trinajstić information content (AvgIpc) is 3.21. The first-order chi connectivity index (χ1) is 12.7. The van der Waals surface area contributed by atoms with Crippen LogP contribution in [-0.4, -0.2) is 32.9 Å². The molecule has 0 radical (unpaired) electrons. The average molecular weight is 349 g/mol. The van der Waals surface area contributed by atoms with Gasteiger partial charge < -0.3 is 9.84 Å². The van der Waals surface area contributed by atoms with E-state index in [4.69, 9.17) is 9.84 Å². The van der Waals surface area contributed by atoms with Crippen LogP contribution in [0, 0.1) is 5.92 Å². The highest BCUT2D eigenvalue weighted by Gasteiger charge is 2.20. The summed E-state index contributed by atoms with van der Waals surface area (Å²) >= 11 is 0. The fraction of sp³-hybridized carbons (Fsp3) is 0.250. The predicted molar refractivity (Wildman–Crippen MR) is 96.2 cm³/mol. The van der Waals surface area contributed by atoms with Gasteiger partial charge in [-0.15, -0.1) is 0 Å². The van der Waals surface area contributed by atoms with Gasteiger partial charge >= 0.3 is 5.97 Å². The van der Waals surface area contributed by atoms with Crippen molar-refractivity contribution < 1.29 is 14.6 Å². The second kappa shape index (κ2) is 7.00. The van der Waals surface area contributed by atoms with E-state index in [0.717, 1.165) is 42.0 Å². The van der Waals surface area contributed by atoms with Crippen LogP contribution >= 0.6 is 0 Å². The number of carboxylic acids is 1. The van der Waals surface area contributed by atoms with Crippen LogP contribution in [-0.2, 0) is 12.8 Å². The number of nitrogens with zero attached hydrogens (tertiary/aromatic N) is 2. The van der Waals surface area contributed by atoms with Crippen LogP contribution in [0.3, 0.4) is 0 Å². The van der Waals surface area contributed by atoms with E-state index < -0.39 is 5.97 Å². The summed E-state index contributed by atoms with van der Waals surface area (Å²) in [5.74, 6) is 0.229. The highest BCUT2D eigenvalue weighted by Crippen LogP contribution is 2.27. The van der Waals surface area contributed by atoms with Crippen molar-refractivity contribution in [3.05, 3.63) is 65.5 Å². The highest BCUT2D eigenvalue weighted by atomic mass is 16.5. The molecule has 132 valence electrons. The van der Waals surface area contributed by atoms with Crippen LogP contribution in [0.2, 0.25) is 0 Å². The smallest absolute Gasteiger partial charge is 0.335 e. The van der Waals surface area contributed by atoms with E-state index >= 15 is 0 Å². The number of aromatic nitrogens is 3. The first kappa shape index (κ1) is 16.3. The number of pyridine rings is 1. The first-order valence-corrected chi connectivity index (χ1v) is 8.63. The van der Waals surface area contributed by atoms with Crippen molar-refractivity contribution in [2.75, 3.05) is 6.61 Å². The number of aromatic carboxylic acids is 1. The molecule has 1 unspecified atom stereocenters. The fourth-order valence-corrected chi connectivity index (χ4v) is 3.35. The number of fused-ring (bicyclic) bond motifs is 1. The minimum Gasteiger partial charge on any atom is -0.492 e. The molecule has 1 aliphatic carbocycles. The van der Waals surface area contributed by atoms with Gasteiger partial charge in [-0.2, -0.15) is 5.10 Å². The molecular weight excluding hydrogens is 330 g/mol. The fourth-order valence-electron chi connectivity index (χ4n) is 3.35. The quantitative estimate of drug-likeness (QED) is 0.737. The number of carboxylic acid groups (broad SMARTS) is 1. The van der Waals surface area contributed by atoms with Crippen LogP contribution < -0.4 is 4.74 Å². The molecule has 26 heavy (non-hydrogen) atoms. The molecule has 0 bridgehead atoms. The Morgan fingerprint density at radius 1 is 1.23 bits per heavy atom. The summed E-state index contributed by atoms with van der Waals surface area (Å²) in [6.45, 7) is 0.599. The molecule has 0 fully saturated rings. The van der Waals surface area contributed by atoms with E-state index in [2.05, 4.69) is 15.2 Å². The Balaban J connectivity index is 1.38. The van der Waals surface area contributed by atoms with Crippen molar-refractivity contribution in [3.63, 3.8) is 0 Å². The maximum absolute atomic E-state index is 11.2. The molecule has 2 aromatic heterocycles. The molecular formula is C20H19N3O3. The van der Waals surface area contributed by atoms with Crippen molar-refractivity contribution in [2.45, 2.75) is 19.3 Å². The van der Waals surface area contributed by atoms with Crippen LogP contribution in [0.5, 0.6) is 5.75 Å². The second-order valence-electron chi connectivity index (χ2n) is 6.56. The summed E-state index contributed by atoms with van der Waals surface area (Å²) in [6, 6.07) is 11.1. The van der Waals surface area contributed by atoms with Gasteiger partial charge in [0.1, 0.15) is 5.75 Å². The molecule has 4 rings (SSSR count). The van der Waals surface area contributed by atoms with Crippen LogP contribution in [0.4, 0.5) is 0 Å². The lowest BCUT2D eigenvalue weighted by molar-refractivity contribution is 0.0696. The summed E-state index contributed by atoms with van der Waals surface area (Å²) in [7, 11) is 0. The van der Waals surface area contributed by atoms with Gasteiger partial charge in [0.25, 0.3) is 0 Å². The normalized spacial score (nSPS) is 16.1. The Morgan fingerprint density at radius 3 is 2.88 bits per heavy atom. The van der Waals surface area contributed by atoms with Gasteiger partial charge in [-0.3, -0.25) is 10.1 Å². The standard InChI is InChI=1S/C20H19N3O3/c24-20(25)15-4-3-14-2-1-13(9-16(14)10-15)12-26-17-5-6-18(21-11-17)19-7-8-22-23-19/h3-8,10-11,13H,1-2,9,12H2,(H,22,23)(H,24,25). The van der Waals surface area contributed by atoms with Gasteiger partial charge in [0, 0.05) is 6.20 Å². The number of ether oxygens (including phenoxy) is 1. The number of rotatable bonds is 5. The summed E-state index contributed by atoms with van der Waals surface area (Å²) < 4.78 is 5.91. The predicted octanol–water partition coefficient (Wildman–Crippen LogP) is 3.35. The molecule has 0 saturated heterocycles. The van der Waals surface area contributed by atoms with Crippen molar-refractivity contribution in [2.24, 2.45) is 5.92 Å². The number of aryl methyl sites for hydroxylation is 1. The van der Waals surface area contributed by atoms with Crippen molar-refractivity contribution in [1.82, 2.24) is 15.2 Å². The number of benzene rings is 1. The molecule has 1 atom stereocenters. The number of H-pyrrole nitrogens is 1. The molecule has 0 aliphatic heterocycles. The molecule has 0 amide bonds. The number of aromatic amines is 1. The van der Waals surface area contributed by atoms with E-state index in [9.17, 15) is 4.79 Å². The minimum absolute atomic E-state index is 0.351. The maximum atomic E-state index is 11.2. The molecule has 2 heterocycles. The summed E-state index contributed by atoms with van der Waals surface area (Å²) in [5.41, 5.74) is 4.41. The number of nitrogens with one attached hydrogen (secondary N) is 1. The first-order valence-electron chi connectivity index (χ1n) is 8.63. The SMILES string of the molecule is O=C(O)c1ccc2c(c1)CC(COc1ccc(-c3ccn[nH]3)nc1)CC2. The van der Waals surface area contributed by atoms with E-state index in [1.54, 1.807) is 24.5 Å². The summed E-state index contributed by atoms with van der Waals surface area (Å²) in [6.07, 6.45) is 6.25. The molecule has 6 nitrogen and oxygen atoms in total. The van der Waals surface area contributed by atoms with E-state index in [1.165, 1.54) is 5.56 Å². The molecule has 0 saturated carbocycles. The largest absolute Gasteiger partial charge is 0.492 e. The van der Waals surface area contributed by atoms with Crippen LogP contribution in [0.1, 0.15) is 27.9 Å². The Bertz CT molecular complexity index is 905.